The number of hydrogen-bond acceptors (Lipinski definition) is 9. The highest BCUT2D eigenvalue weighted by atomic mass is 16.6. The molecule has 0 amide bonds. The van der Waals surface area contributed by atoms with Crippen LogP contribution in [0, 0.1) is 0 Å². The molecule has 0 spiro atoms. The van der Waals surface area contributed by atoms with Crippen LogP contribution in [0.3, 0.4) is 0 Å². The summed E-state index contributed by atoms with van der Waals surface area (Å²) in [6.45, 7) is 2.72. The molecule has 1 atom stereocenters. The van der Waals surface area contributed by atoms with E-state index in [-0.39, 0.29) is 5.56 Å². The first-order chi connectivity index (χ1) is 19.2. The van der Waals surface area contributed by atoms with Crippen LogP contribution in [0.1, 0.15) is 28.8 Å². The first-order valence-corrected chi connectivity index (χ1v) is 12.7. The first-order valence-electron chi connectivity index (χ1n) is 12.7. The zero-order valence-corrected chi connectivity index (χ0v) is 21.4. The number of rotatable bonds is 10. The molecule has 1 aliphatic rings. The van der Waals surface area contributed by atoms with Gasteiger partial charge in [-0.05, 0) is 40.3 Å². The van der Waals surface area contributed by atoms with Gasteiger partial charge >= 0.3 is 0 Å². The molecule has 0 radical (unpaired) electrons. The van der Waals surface area contributed by atoms with Gasteiger partial charge in [0.05, 0.1) is 31.5 Å². The van der Waals surface area contributed by atoms with E-state index >= 15 is 0 Å². The number of fused-ring (bicyclic) bond motifs is 2. The number of tetrazole rings is 1. The molecular weight excluding hydrogens is 500 g/mol. The summed E-state index contributed by atoms with van der Waals surface area (Å²) in [7, 11) is 1.63. The molecule has 0 bridgehead atoms. The number of hydrogen-bond donors (Lipinski definition) is 1. The van der Waals surface area contributed by atoms with Gasteiger partial charge in [0, 0.05) is 30.7 Å². The van der Waals surface area contributed by atoms with Gasteiger partial charge in [0.25, 0.3) is 5.56 Å². The van der Waals surface area contributed by atoms with Crippen molar-refractivity contribution >= 4 is 10.9 Å². The molecule has 4 heterocycles. The number of nitrogens with zero attached hydrogens (tertiary/aromatic N) is 5. The normalized spacial score (nSPS) is 13.7. The Kier molecular flexibility index (Phi) is 7.07. The van der Waals surface area contributed by atoms with E-state index in [1.807, 2.05) is 54.6 Å². The molecule has 0 saturated carbocycles. The number of H-pyrrole nitrogens is 1. The fourth-order valence-electron chi connectivity index (χ4n) is 4.87. The summed E-state index contributed by atoms with van der Waals surface area (Å²) in [5.74, 6) is 2.53. The molecule has 1 N–H and O–H groups in total. The van der Waals surface area contributed by atoms with Gasteiger partial charge in [0.15, 0.2) is 17.3 Å². The minimum absolute atomic E-state index is 0.247. The van der Waals surface area contributed by atoms with Crippen LogP contribution in [0.25, 0.3) is 10.9 Å². The Balaban J connectivity index is 1.51. The van der Waals surface area contributed by atoms with E-state index < -0.39 is 6.04 Å². The van der Waals surface area contributed by atoms with Crippen molar-refractivity contribution in [3.8, 4) is 11.5 Å². The number of furan rings is 1. The highest BCUT2D eigenvalue weighted by molar-refractivity contribution is 5.83. The Morgan fingerprint density at radius 2 is 1.87 bits per heavy atom. The fourth-order valence-corrected chi connectivity index (χ4v) is 4.87. The third kappa shape index (κ3) is 5.27. The van der Waals surface area contributed by atoms with Crippen molar-refractivity contribution in [2.45, 2.75) is 25.7 Å². The van der Waals surface area contributed by atoms with E-state index in [1.165, 1.54) is 0 Å². The number of aromatic amines is 1. The maximum absolute atomic E-state index is 13.7. The third-order valence-corrected chi connectivity index (χ3v) is 6.67. The monoisotopic (exact) mass is 528 g/mol. The number of aromatic nitrogens is 5. The Labute approximate surface area is 223 Å². The lowest BCUT2D eigenvalue weighted by molar-refractivity contribution is 0.163. The van der Waals surface area contributed by atoms with E-state index in [0.29, 0.717) is 67.9 Å². The van der Waals surface area contributed by atoms with Crippen LogP contribution in [-0.4, -0.2) is 57.0 Å². The summed E-state index contributed by atoms with van der Waals surface area (Å²) < 4.78 is 24.2. The predicted molar refractivity (Wildman–Crippen MR) is 141 cm³/mol. The van der Waals surface area contributed by atoms with Gasteiger partial charge < -0.3 is 23.6 Å². The van der Waals surface area contributed by atoms with E-state index in [0.717, 1.165) is 16.7 Å². The molecular formula is C28H28N6O5. The summed E-state index contributed by atoms with van der Waals surface area (Å²) in [6, 6.07) is 18.8. The SMILES string of the molecule is COCCn1nnnc1[C@@H](c1cc2cc3c(cc2[nH]c1=O)OCCO3)N(Cc1ccccc1)Cc1ccco1. The van der Waals surface area contributed by atoms with Gasteiger partial charge in [-0.2, -0.15) is 0 Å². The maximum atomic E-state index is 13.7. The zero-order valence-electron chi connectivity index (χ0n) is 21.4. The van der Waals surface area contributed by atoms with Crippen molar-refractivity contribution < 1.29 is 18.6 Å². The molecule has 0 fully saturated rings. The zero-order chi connectivity index (χ0) is 26.6. The van der Waals surface area contributed by atoms with Crippen LogP contribution in [-0.2, 0) is 24.4 Å². The van der Waals surface area contributed by atoms with Crippen molar-refractivity contribution in [1.82, 2.24) is 30.1 Å². The molecule has 39 heavy (non-hydrogen) atoms. The largest absolute Gasteiger partial charge is 0.486 e. The second-order valence-corrected chi connectivity index (χ2v) is 9.26. The summed E-state index contributed by atoms with van der Waals surface area (Å²) in [6.07, 6.45) is 1.64. The lowest BCUT2D eigenvalue weighted by Gasteiger charge is -2.30. The average Bonchev–Trinajstić information content (AvgIpc) is 3.64. The van der Waals surface area contributed by atoms with E-state index in [9.17, 15) is 4.79 Å². The van der Waals surface area contributed by atoms with Crippen molar-refractivity contribution in [1.29, 1.82) is 0 Å². The third-order valence-electron chi connectivity index (χ3n) is 6.67. The number of nitrogens with one attached hydrogen (secondary N) is 1. The maximum Gasteiger partial charge on any atom is 0.253 e. The van der Waals surface area contributed by atoms with E-state index in [2.05, 4.69) is 25.4 Å². The number of pyridine rings is 1. The molecule has 6 rings (SSSR count). The highest BCUT2D eigenvalue weighted by Gasteiger charge is 2.31. The lowest BCUT2D eigenvalue weighted by atomic mass is 10.0. The van der Waals surface area contributed by atoms with Gasteiger partial charge in [-0.15, -0.1) is 5.10 Å². The molecule has 1 aliphatic heterocycles. The Hall–Kier alpha value is -4.48. The van der Waals surface area contributed by atoms with Gasteiger partial charge in [-0.1, -0.05) is 30.3 Å². The van der Waals surface area contributed by atoms with Gasteiger partial charge in [-0.25, -0.2) is 4.68 Å². The van der Waals surface area contributed by atoms with E-state index in [1.54, 1.807) is 24.1 Å². The summed E-state index contributed by atoms with van der Waals surface area (Å²) in [4.78, 5) is 18.9. The Morgan fingerprint density at radius 3 is 2.64 bits per heavy atom. The fraction of sp³-hybridized carbons (Fsp3) is 0.286. The average molecular weight is 529 g/mol. The van der Waals surface area contributed by atoms with Crippen LogP contribution >= 0.6 is 0 Å². The second kappa shape index (κ2) is 11.1. The van der Waals surface area contributed by atoms with Gasteiger partial charge in [-0.3, -0.25) is 9.69 Å². The number of methoxy groups -OCH3 is 1. The molecule has 0 aliphatic carbocycles. The number of ether oxygens (including phenoxy) is 3. The van der Waals surface area contributed by atoms with Gasteiger partial charge in [0.2, 0.25) is 0 Å². The van der Waals surface area contributed by atoms with Crippen molar-refractivity contribution in [3.05, 3.63) is 100.0 Å². The van der Waals surface area contributed by atoms with Crippen molar-refractivity contribution in [3.63, 3.8) is 0 Å². The summed E-state index contributed by atoms with van der Waals surface area (Å²) in [5.41, 5.74) is 1.98. The highest BCUT2D eigenvalue weighted by Crippen LogP contribution is 2.35. The molecule has 5 aromatic rings. The molecule has 0 unspecified atom stereocenters. The van der Waals surface area contributed by atoms with E-state index in [4.69, 9.17) is 18.6 Å². The van der Waals surface area contributed by atoms with Crippen LogP contribution in [0.15, 0.2) is 76.1 Å². The molecule has 0 saturated heterocycles. The van der Waals surface area contributed by atoms with Crippen LogP contribution in [0.4, 0.5) is 0 Å². The molecule has 2 aromatic carbocycles. The quantitative estimate of drug-likeness (QED) is 0.291. The Morgan fingerprint density at radius 1 is 1.05 bits per heavy atom. The van der Waals surface area contributed by atoms with Crippen LogP contribution < -0.4 is 15.0 Å². The smallest absolute Gasteiger partial charge is 0.253 e. The topological polar surface area (TPSA) is 121 Å². The molecule has 11 nitrogen and oxygen atoms in total. The summed E-state index contributed by atoms with van der Waals surface area (Å²) >= 11 is 0. The minimum atomic E-state index is -0.608. The van der Waals surface area contributed by atoms with Crippen LogP contribution in [0.2, 0.25) is 0 Å². The molecule has 3 aromatic heterocycles. The predicted octanol–water partition coefficient (Wildman–Crippen LogP) is 3.32. The second-order valence-electron chi connectivity index (χ2n) is 9.26. The Bertz CT molecular complexity index is 1600. The molecule has 11 heteroatoms. The first kappa shape index (κ1) is 24.8. The number of benzene rings is 2. The van der Waals surface area contributed by atoms with Gasteiger partial charge in [0.1, 0.15) is 25.0 Å². The summed E-state index contributed by atoms with van der Waals surface area (Å²) in [5, 5.41) is 13.4. The van der Waals surface area contributed by atoms with Crippen molar-refractivity contribution in [2.24, 2.45) is 0 Å². The standard InChI is InChI=1S/C28H28N6O5/c1-36-11-9-34-27(30-31-32-34)26(33(18-21-8-5-10-37-21)17-19-6-3-2-4-7-19)22-14-20-15-24-25(39-13-12-38-24)16-23(20)29-28(22)35/h2-8,10,14-16,26H,9,11-13,17-18H2,1H3,(H,29,35)/t26-/m1/s1. The molecule has 200 valence electrons. The minimum Gasteiger partial charge on any atom is -0.486 e. The lowest BCUT2D eigenvalue weighted by Crippen LogP contribution is -2.35. The van der Waals surface area contributed by atoms with Crippen molar-refractivity contribution in [2.75, 3.05) is 26.9 Å². The van der Waals surface area contributed by atoms with Crippen LogP contribution in [0.5, 0.6) is 11.5 Å².